The van der Waals surface area contributed by atoms with Gasteiger partial charge in [0, 0.05) is 17.9 Å². The summed E-state index contributed by atoms with van der Waals surface area (Å²) in [5.41, 5.74) is 2.57. The summed E-state index contributed by atoms with van der Waals surface area (Å²) in [5, 5.41) is 16.0. The summed E-state index contributed by atoms with van der Waals surface area (Å²) in [5.74, 6) is 0.821. The average Bonchev–Trinajstić information content (AvgIpc) is 2.65. The van der Waals surface area contributed by atoms with Crippen molar-refractivity contribution in [1.29, 1.82) is 0 Å². The molecule has 0 atom stereocenters. The van der Waals surface area contributed by atoms with E-state index in [-0.39, 0.29) is 0 Å². The maximum absolute atomic E-state index is 12.6. The van der Waals surface area contributed by atoms with E-state index in [2.05, 4.69) is 5.32 Å². The fourth-order valence-corrected chi connectivity index (χ4v) is 3.67. The molecule has 5 nitrogen and oxygen atoms in total. The first-order valence-corrected chi connectivity index (χ1v) is 8.99. The van der Waals surface area contributed by atoms with Crippen molar-refractivity contribution in [2.45, 2.75) is 18.7 Å². The zero-order valence-corrected chi connectivity index (χ0v) is 15.4. The van der Waals surface area contributed by atoms with E-state index in [1.54, 1.807) is 13.2 Å². The lowest BCUT2D eigenvalue weighted by Crippen LogP contribution is -2.36. The molecule has 0 aliphatic rings. The highest BCUT2D eigenvalue weighted by Gasteiger charge is 2.18. The third-order valence-electron chi connectivity index (χ3n) is 3.86. The molecule has 1 aromatic heterocycles. The van der Waals surface area contributed by atoms with Gasteiger partial charge in [-0.05, 0) is 36.9 Å². The number of nitrogens with zero attached hydrogens (tertiary/aromatic N) is 2. The molecule has 0 bridgehead atoms. The van der Waals surface area contributed by atoms with Gasteiger partial charge in [-0.25, -0.2) is 4.98 Å². The third kappa shape index (κ3) is 3.65. The van der Waals surface area contributed by atoms with E-state index in [0.717, 1.165) is 38.3 Å². The number of rotatable bonds is 4. The lowest BCUT2D eigenvalue weighted by atomic mass is 10.2. The summed E-state index contributed by atoms with van der Waals surface area (Å²) in [4.78, 5) is 6.75. The maximum atomic E-state index is 12.6. The van der Waals surface area contributed by atoms with Crippen LogP contribution in [-0.4, -0.2) is 23.6 Å². The maximum Gasteiger partial charge on any atom is 0.242 e. The molecule has 0 aliphatic carbocycles. The van der Waals surface area contributed by atoms with E-state index in [0.29, 0.717) is 22.4 Å². The molecule has 0 saturated carbocycles. The molecule has 0 amide bonds. The minimum atomic E-state index is 0.584. The topological polar surface area (TPSA) is 61.1 Å². The predicted octanol–water partition coefficient (Wildman–Crippen LogP) is 2.80. The van der Waals surface area contributed by atoms with Crippen LogP contribution in [-0.2, 0) is 0 Å². The molecule has 3 aromatic rings. The number of methoxy groups -OCH3 is 1. The van der Waals surface area contributed by atoms with Crippen molar-refractivity contribution < 1.29 is 9.47 Å². The Morgan fingerprint density at radius 3 is 2.60 bits per heavy atom. The van der Waals surface area contributed by atoms with Gasteiger partial charge in [0.25, 0.3) is 0 Å². The molecule has 0 fully saturated rings. The zero-order valence-electron chi connectivity index (χ0n) is 14.5. The van der Waals surface area contributed by atoms with Crippen LogP contribution < -0.4 is 14.8 Å². The predicted molar refractivity (Wildman–Crippen MR) is 103 cm³/mol. The molecule has 2 aromatic carbocycles. The molecule has 130 valence electrons. The monoisotopic (exact) mass is 355 g/mol. The van der Waals surface area contributed by atoms with Crippen LogP contribution >= 0.6 is 11.4 Å². The normalized spacial score (nSPS) is 12.0. The van der Waals surface area contributed by atoms with E-state index in [4.69, 9.17) is 9.72 Å². The van der Waals surface area contributed by atoms with Crippen molar-refractivity contribution in [3.05, 3.63) is 65.1 Å². The number of hydrogen-bond acceptors (Lipinski definition) is 3. The van der Waals surface area contributed by atoms with Gasteiger partial charge in [0.1, 0.15) is 11.3 Å². The van der Waals surface area contributed by atoms with Gasteiger partial charge in [-0.1, -0.05) is 19.1 Å². The summed E-state index contributed by atoms with van der Waals surface area (Å²) in [6, 6.07) is 15.3. The van der Waals surface area contributed by atoms with Crippen molar-refractivity contribution in [2.75, 3.05) is 13.7 Å². The third-order valence-corrected chi connectivity index (χ3v) is 5.01. The standard InChI is InChI=1S/C19H21N3O2S/c1-4-20-19(25-15-11-9-14(24-3)10-12-15)18-13(2)22(23)17-8-6-5-7-16(17)21-18/h5-12,20,25H,4H2,1-3H3. The molecule has 1 heterocycles. The van der Waals surface area contributed by atoms with Crippen LogP contribution in [0, 0.1) is 12.1 Å². The van der Waals surface area contributed by atoms with Crippen LogP contribution in [0.25, 0.3) is 11.0 Å². The van der Waals surface area contributed by atoms with Gasteiger partial charge in [-0.3, -0.25) is 5.32 Å². The Bertz CT molecular complexity index is 924. The first-order valence-electron chi connectivity index (χ1n) is 8.10. The number of aromatic nitrogens is 2. The van der Waals surface area contributed by atoms with Crippen LogP contribution in [0.4, 0.5) is 0 Å². The van der Waals surface area contributed by atoms with Gasteiger partial charge in [0.15, 0.2) is 5.69 Å². The molecule has 1 N–H and O–H groups in total. The minimum absolute atomic E-state index is 0.584. The van der Waals surface area contributed by atoms with Crippen LogP contribution in [0.5, 0.6) is 5.75 Å². The highest BCUT2D eigenvalue weighted by molar-refractivity contribution is 7.99. The van der Waals surface area contributed by atoms with Crippen molar-refractivity contribution in [3.63, 3.8) is 0 Å². The van der Waals surface area contributed by atoms with E-state index in [1.807, 2.05) is 56.3 Å². The fraction of sp³-hybridized carbons (Fsp3) is 0.211. The van der Waals surface area contributed by atoms with Gasteiger partial charge >= 0.3 is 0 Å². The molecule has 0 aliphatic heterocycles. The lowest BCUT2D eigenvalue weighted by Gasteiger charge is -2.12. The number of benzene rings is 2. The second-order valence-electron chi connectivity index (χ2n) is 5.52. The van der Waals surface area contributed by atoms with E-state index in [1.165, 1.54) is 0 Å². The minimum Gasteiger partial charge on any atom is -0.618 e. The first kappa shape index (κ1) is 17.4. The average molecular weight is 355 g/mol. The van der Waals surface area contributed by atoms with Crippen LogP contribution in [0.3, 0.4) is 0 Å². The zero-order chi connectivity index (χ0) is 17.8. The first-order chi connectivity index (χ1) is 12.1. The van der Waals surface area contributed by atoms with Crippen molar-refractivity contribution in [2.24, 2.45) is 0 Å². The van der Waals surface area contributed by atoms with E-state index >= 15 is 0 Å². The number of hydrogen-bond donors (Lipinski definition) is 2. The van der Waals surface area contributed by atoms with Crippen molar-refractivity contribution in [1.82, 2.24) is 10.3 Å². The molecule has 0 radical (unpaired) electrons. The Labute approximate surface area is 150 Å². The Balaban J connectivity index is 2.12. The highest BCUT2D eigenvalue weighted by Crippen LogP contribution is 2.19. The van der Waals surface area contributed by atoms with Crippen LogP contribution in [0.2, 0.25) is 0 Å². The van der Waals surface area contributed by atoms with Gasteiger partial charge < -0.3 is 9.94 Å². The highest BCUT2D eigenvalue weighted by atomic mass is 32.1. The lowest BCUT2D eigenvalue weighted by molar-refractivity contribution is -0.584. The number of ether oxygens (including phenoxy) is 1. The molecule has 25 heavy (non-hydrogen) atoms. The Kier molecular flexibility index (Phi) is 5.31. The smallest absolute Gasteiger partial charge is 0.242 e. The van der Waals surface area contributed by atoms with Crippen LogP contribution in [0.1, 0.15) is 18.3 Å². The van der Waals surface area contributed by atoms with E-state index in [9.17, 15) is 5.21 Å². The number of fused-ring (bicyclic) bond motifs is 1. The van der Waals surface area contributed by atoms with Crippen LogP contribution in [0.15, 0.2) is 53.4 Å². The molecule has 0 spiro atoms. The van der Waals surface area contributed by atoms with Gasteiger partial charge in [0.2, 0.25) is 11.2 Å². The second kappa shape index (κ2) is 7.63. The molecule has 3 rings (SSSR count). The molecule has 0 unspecified atom stereocenters. The quantitative estimate of drug-likeness (QED) is 0.327. The number of nitrogens with one attached hydrogen (secondary N) is 1. The fourth-order valence-electron chi connectivity index (χ4n) is 2.56. The number of thiol groups is 1. The van der Waals surface area contributed by atoms with Gasteiger partial charge in [-0.15, -0.1) is 11.4 Å². The summed E-state index contributed by atoms with van der Waals surface area (Å²) in [6.45, 7) is 4.60. The van der Waals surface area contributed by atoms with Crippen molar-refractivity contribution in [3.8, 4) is 5.75 Å². The van der Waals surface area contributed by atoms with Gasteiger partial charge in [0.05, 0.1) is 12.1 Å². The Morgan fingerprint density at radius 2 is 1.92 bits per heavy atom. The van der Waals surface area contributed by atoms with Gasteiger partial charge in [-0.2, -0.15) is 4.73 Å². The summed E-state index contributed by atoms with van der Waals surface area (Å²) in [7, 11) is 1.65. The Morgan fingerprint density at radius 1 is 1.20 bits per heavy atom. The summed E-state index contributed by atoms with van der Waals surface area (Å²) < 4.78 is 6.16. The number of para-hydroxylation sites is 2. The molecule has 0 saturated heterocycles. The summed E-state index contributed by atoms with van der Waals surface area (Å²) >= 11 is 0.965. The van der Waals surface area contributed by atoms with Crippen molar-refractivity contribution >= 4 is 27.4 Å². The van der Waals surface area contributed by atoms with E-state index < -0.39 is 0 Å². The SMILES string of the molecule is CCNC(=[SH]c1ccc(OC)cc1)c1nc2ccccc2[n+]([O-])c1C. The Hall–Kier alpha value is -2.44. The molecular weight excluding hydrogens is 334 g/mol. The second-order valence-corrected chi connectivity index (χ2v) is 6.70. The molecular formula is C19H21N3O2S. The largest absolute Gasteiger partial charge is 0.618 e. The summed E-state index contributed by atoms with van der Waals surface area (Å²) in [6.07, 6.45) is 0. The molecule has 6 heteroatoms.